The van der Waals surface area contributed by atoms with Gasteiger partial charge >= 0.3 is 5.24 Å². The lowest BCUT2D eigenvalue weighted by Gasteiger charge is -2.16. The molecule has 0 aliphatic rings. The maximum absolute atomic E-state index is 6.01. The molecule has 0 aromatic heterocycles. The molecule has 0 bridgehead atoms. The lowest BCUT2D eigenvalue weighted by molar-refractivity contribution is 0.287. The summed E-state index contributed by atoms with van der Waals surface area (Å²) in [6, 6.07) is 12.1. The second-order valence-corrected chi connectivity index (χ2v) is 5.69. The van der Waals surface area contributed by atoms with Crippen molar-refractivity contribution in [2.75, 3.05) is 7.11 Å². The number of thiocarbonyl (C=S) groups is 1. The number of rotatable bonds is 5. The molecule has 0 radical (unpaired) electrons. The Bertz CT molecular complexity index is 695. The highest BCUT2D eigenvalue weighted by Gasteiger charge is 2.12. The molecule has 0 N–H and O–H groups in total. The standard InChI is InChI=1S/C19H22O3S/c1-5-15-7-6-8-18(22-19(23)20-4)16(15)12-21-17-10-9-13(2)11-14(17)3/h6-11H,5,12H2,1-4H3. The maximum Gasteiger partial charge on any atom is 0.357 e. The molecule has 0 saturated heterocycles. The summed E-state index contributed by atoms with van der Waals surface area (Å²) in [4.78, 5) is 0. The van der Waals surface area contributed by atoms with Crippen molar-refractivity contribution in [3.05, 3.63) is 58.7 Å². The Balaban J connectivity index is 2.24. The molecule has 0 amide bonds. The van der Waals surface area contributed by atoms with Gasteiger partial charge in [0.25, 0.3) is 0 Å². The van der Waals surface area contributed by atoms with Crippen LogP contribution in [0.2, 0.25) is 0 Å². The van der Waals surface area contributed by atoms with Crippen molar-refractivity contribution in [3.63, 3.8) is 0 Å². The third-order valence-corrected chi connectivity index (χ3v) is 3.92. The van der Waals surface area contributed by atoms with Crippen LogP contribution in [-0.2, 0) is 17.8 Å². The lowest BCUT2D eigenvalue weighted by atomic mass is 10.0. The van der Waals surface area contributed by atoms with Crippen LogP contribution in [0, 0.1) is 13.8 Å². The van der Waals surface area contributed by atoms with E-state index < -0.39 is 0 Å². The molecule has 0 aliphatic heterocycles. The minimum absolute atomic E-state index is 0.103. The van der Waals surface area contributed by atoms with E-state index >= 15 is 0 Å². The summed E-state index contributed by atoms with van der Waals surface area (Å²) in [6.07, 6.45) is 0.891. The Hall–Kier alpha value is -2.07. The average Bonchev–Trinajstić information content (AvgIpc) is 2.54. The van der Waals surface area contributed by atoms with Crippen LogP contribution in [0.1, 0.15) is 29.2 Å². The number of aryl methyl sites for hydroxylation is 3. The minimum atomic E-state index is 0.103. The van der Waals surface area contributed by atoms with E-state index in [1.807, 2.05) is 31.2 Å². The summed E-state index contributed by atoms with van der Waals surface area (Å²) < 4.78 is 16.6. The zero-order chi connectivity index (χ0) is 16.8. The number of methoxy groups -OCH3 is 1. The quantitative estimate of drug-likeness (QED) is 0.739. The molecule has 0 atom stereocenters. The van der Waals surface area contributed by atoms with Crippen LogP contribution in [0.5, 0.6) is 11.5 Å². The Morgan fingerprint density at radius 2 is 1.87 bits per heavy atom. The second-order valence-electron chi connectivity index (χ2n) is 5.36. The molecule has 0 unspecified atom stereocenters. The number of benzene rings is 2. The molecule has 3 nitrogen and oxygen atoms in total. The molecule has 0 heterocycles. The largest absolute Gasteiger partial charge is 0.488 e. The predicted octanol–water partition coefficient (Wildman–Crippen LogP) is 4.75. The van der Waals surface area contributed by atoms with Crippen LogP contribution < -0.4 is 9.47 Å². The van der Waals surface area contributed by atoms with Crippen molar-refractivity contribution in [1.82, 2.24) is 0 Å². The van der Waals surface area contributed by atoms with E-state index in [4.69, 9.17) is 26.4 Å². The molecule has 0 fully saturated rings. The van der Waals surface area contributed by atoms with Crippen LogP contribution in [0.15, 0.2) is 36.4 Å². The SMILES string of the molecule is CCc1cccc(OC(=S)OC)c1COc1ccc(C)cc1C. The summed E-state index contributed by atoms with van der Waals surface area (Å²) in [7, 11) is 1.50. The van der Waals surface area contributed by atoms with Crippen molar-refractivity contribution in [2.24, 2.45) is 0 Å². The van der Waals surface area contributed by atoms with Crippen LogP contribution in [0.25, 0.3) is 0 Å². The first-order chi connectivity index (χ1) is 11.0. The molecule has 23 heavy (non-hydrogen) atoms. The Kier molecular flexibility index (Phi) is 5.99. The fraction of sp³-hybridized carbons (Fsp3) is 0.316. The molecule has 2 rings (SSSR count). The van der Waals surface area contributed by atoms with Gasteiger partial charge in [0, 0.05) is 17.8 Å². The summed E-state index contributed by atoms with van der Waals surface area (Å²) >= 11 is 5.00. The van der Waals surface area contributed by atoms with Crippen molar-refractivity contribution in [3.8, 4) is 11.5 Å². The molecule has 0 aliphatic carbocycles. The van der Waals surface area contributed by atoms with Gasteiger partial charge in [-0.05, 0) is 43.5 Å². The topological polar surface area (TPSA) is 27.7 Å². The Morgan fingerprint density at radius 3 is 2.52 bits per heavy atom. The van der Waals surface area contributed by atoms with Gasteiger partial charge in [-0.2, -0.15) is 0 Å². The summed E-state index contributed by atoms with van der Waals surface area (Å²) in [5, 5.41) is 0.103. The van der Waals surface area contributed by atoms with Gasteiger partial charge in [0.05, 0.1) is 7.11 Å². The molecule has 2 aromatic carbocycles. The molecule has 122 valence electrons. The first-order valence-corrected chi connectivity index (χ1v) is 8.02. The van der Waals surface area contributed by atoms with Crippen LogP contribution in [0.3, 0.4) is 0 Å². The highest BCUT2D eigenvalue weighted by Crippen LogP contribution is 2.27. The highest BCUT2D eigenvalue weighted by molar-refractivity contribution is 7.79. The third kappa shape index (κ3) is 4.45. The summed E-state index contributed by atoms with van der Waals surface area (Å²) in [6.45, 7) is 6.65. The van der Waals surface area contributed by atoms with Gasteiger partial charge in [0.1, 0.15) is 18.1 Å². The molecule has 0 spiro atoms. The first-order valence-electron chi connectivity index (χ1n) is 7.61. The third-order valence-electron chi connectivity index (χ3n) is 3.67. The highest BCUT2D eigenvalue weighted by atomic mass is 32.1. The Morgan fingerprint density at radius 1 is 1.09 bits per heavy atom. The van der Waals surface area contributed by atoms with Gasteiger partial charge in [0.15, 0.2) is 0 Å². The number of ether oxygens (including phenoxy) is 3. The average molecular weight is 330 g/mol. The van der Waals surface area contributed by atoms with Gasteiger partial charge in [-0.25, -0.2) is 0 Å². The maximum atomic E-state index is 6.01. The lowest BCUT2D eigenvalue weighted by Crippen LogP contribution is -2.11. The Labute approximate surface area is 143 Å². The van der Waals surface area contributed by atoms with Gasteiger partial charge in [-0.15, -0.1) is 0 Å². The van der Waals surface area contributed by atoms with Crippen molar-refractivity contribution >= 4 is 17.5 Å². The second kappa shape index (κ2) is 7.97. The molecular formula is C19H22O3S. The fourth-order valence-corrected chi connectivity index (χ4v) is 2.53. The first kappa shape index (κ1) is 17.3. The van der Waals surface area contributed by atoms with Crippen molar-refractivity contribution in [2.45, 2.75) is 33.8 Å². The molecule has 2 aromatic rings. The summed E-state index contributed by atoms with van der Waals surface area (Å²) in [5.41, 5.74) is 4.51. The number of hydrogen-bond donors (Lipinski definition) is 0. The summed E-state index contributed by atoms with van der Waals surface area (Å²) in [5.74, 6) is 1.56. The van der Waals surface area contributed by atoms with E-state index in [9.17, 15) is 0 Å². The van der Waals surface area contributed by atoms with Gasteiger partial charge in [0.2, 0.25) is 0 Å². The van der Waals surface area contributed by atoms with Crippen LogP contribution in [-0.4, -0.2) is 12.3 Å². The van der Waals surface area contributed by atoms with E-state index in [2.05, 4.69) is 26.0 Å². The van der Waals surface area contributed by atoms with Crippen molar-refractivity contribution < 1.29 is 14.2 Å². The predicted molar refractivity (Wildman–Crippen MR) is 96.3 cm³/mol. The van der Waals surface area contributed by atoms with Crippen LogP contribution >= 0.6 is 12.2 Å². The van der Waals surface area contributed by atoms with Crippen molar-refractivity contribution in [1.29, 1.82) is 0 Å². The molecule has 4 heteroatoms. The zero-order valence-electron chi connectivity index (χ0n) is 14.0. The monoisotopic (exact) mass is 330 g/mol. The normalized spacial score (nSPS) is 10.3. The van der Waals surface area contributed by atoms with E-state index in [-0.39, 0.29) is 5.24 Å². The fourth-order valence-electron chi connectivity index (χ4n) is 2.44. The smallest absolute Gasteiger partial charge is 0.357 e. The van der Waals surface area contributed by atoms with E-state index in [1.165, 1.54) is 18.2 Å². The number of hydrogen-bond acceptors (Lipinski definition) is 4. The van der Waals surface area contributed by atoms with Gasteiger partial charge in [-0.3, -0.25) is 0 Å². The molecule has 0 saturated carbocycles. The van der Waals surface area contributed by atoms with E-state index in [0.717, 1.165) is 23.3 Å². The van der Waals surface area contributed by atoms with E-state index in [0.29, 0.717) is 12.4 Å². The zero-order valence-corrected chi connectivity index (χ0v) is 14.8. The van der Waals surface area contributed by atoms with Gasteiger partial charge in [-0.1, -0.05) is 36.8 Å². The van der Waals surface area contributed by atoms with E-state index in [1.54, 1.807) is 0 Å². The van der Waals surface area contributed by atoms with Gasteiger partial charge < -0.3 is 14.2 Å². The molecular weight excluding hydrogens is 308 g/mol. The van der Waals surface area contributed by atoms with Crippen LogP contribution in [0.4, 0.5) is 0 Å². The minimum Gasteiger partial charge on any atom is -0.488 e.